The van der Waals surface area contributed by atoms with E-state index in [0.29, 0.717) is 12.3 Å². The van der Waals surface area contributed by atoms with Crippen LogP contribution in [-0.4, -0.2) is 22.3 Å². The van der Waals surface area contributed by atoms with Gasteiger partial charge in [-0.2, -0.15) is 0 Å². The maximum absolute atomic E-state index is 11.1. The molecule has 0 aliphatic rings. The molecule has 0 saturated carbocycles. The van der Waals surface area contributed by atoms with E-state index >= 15 is 0 Å². The summed E-state index contributed by atoms with van der Waals surface area (Å²) in [5, 5.41) is 0. The molecular formula is C15H14N2O2S. The number of nitrogens with zero attached hydrogens (tertiary/aromatic N) is 2. The van der Waals surface area contributed by atoms with Gasteiger partial charge in [-0.15, -0.1) is 11.3 Å². The van der Waals surface area contributed by atoms with Crippen molar-refractivity contribution in [1.82, 2.24) is 9.38 Å². The van der Waals surface area contributed by atoms with Gasteiger partial charge in [0.05, 0.1) is 18.5 Å². The van der Waals surface area contributed by atoms with Crippen molar-refractivity contribution in [3.8, 4) is 17.0 Å². The highest BCUT2D eigenvalue weighted by molar-refractivity contribution is 7.17. The lowest BCUT2D eigenvalue weighted by molar-refractivity contribution is 0.111. The Kier molecular flexibility index (Phi) is 3.28. The van der Waals surface area contributed by atoms with Crippen LogP contribution in [0.3, 0.4) is 0 Å². The maximum Gasteiger partial charge on any atom is 0.194 e. The van der Waals surface area contributed by atoms with Gasteiger partial charge in [0.2, 0.25) is 0 Å². The number of benzene rings is 1. The fourth-order valence-corrected chi connectivity index (χ4v) is 3.25. The number of aldehydes is 1. The standard InChI is InChI=1S/C15H14N2O2S/c1-3-19-13-6-4-11(5-7-13)14-10(2)20-15-16-8-12(9-18)17(14)15/h4-9H,3H2,1-2H3. The molecule has 0 fully saturated rings. The molecule has 4 nitrogen and oxygen atoms in total. The monoisotopic (exact) mass is 286 g/mol. The summed E-state index contributed by atoms with van der Waals surface area (Å²) in [4.78, 5) is 17.4. The zero-order valence-corrected chi connectivity index (χ0v) is 12.1. The van der Waals surface area contributed by atoms with E-state index in [1.54, 1.807) is 17.5 Å². The second-order valence-corrected chi connectivity index (χ2v) is 5.56. The summed E-state index contributed by atoms with van der Waals surface area (Å²) in [5.74, 6) is 0.849. The van der Waals surface area contributed by atoms with Crippen molar-refractivity contribution < 1.29 is 9.53 Å². The predicted octanol–water partition coefficient (Wildman–Crippen LogP) is 3.58. The van der Waals surface area contributed by atoms with E-state index < -0.39 is 0 Å². The van der Waals surface area contributed by atoms with Crippen LogP contribution < -0.4 is 4.74 Å². The van der Waals surface area contributed by atoms with Crippen LogP contribution in [-0.2, 0) is 0 Å². The van der Waals surface area contributed by atoms with Crippen molar-refractivity contribution >= 4 is 22.6 Å². The first kappa shape index (κ1) is 12.9. The minimum absolute atomic E-state index is 0.577. The number of ether oxygens (including phenoxy) is 1. The first-order valence-corrected chi connectivity index (χ1v) is 7.21. The number of hydrogen-bond acceptors (Lipinski definition) is 4. The summed E-state index contributed by atoms with van der Waals surface area (Å²) in [7, 11) is 0. The molecule has 0 spiro atoms. The molecule has 0 bridgehead atoms. The van der Waals surface area contributed by atoms with Gasteiger partial charge in [0.1, 0.15) is 11.4 Å². The van der Waals surface area contributed by atoms with E-state index in [0.717, 1.165) is 33.1 Å². The van der Waals surface area contributed by atoms with Crippen LogP contribution in [0.25, 0.3) is 16.2 Å². The van der Waals surface area contributed by atoms with Gasteiger partial charge in [0.15, 0.2) is 11.2 Å². The number of carbonyl (C=O) groups excluding carboxylic acids is 1. The third kappa shape index (κ3) is 2.00. The summed E-state index contributed by atoms with van der Waals surface area (Å²) in [6, 6.07) is 7.90. The van der Waals surface area contributed by atoms with Gasteiger partial charge >= 0.3 is 0 Å². The van der Waals surface area contributed by atoms with Crippen LogP contribution in [0.4, 0.5) is 0 Å². The topological polar surface area (TPSA) is 43.6 Å². The Labute approximate surface area is 120 Å². The molecule has 102 valence electrons. The molecule has 0 amide bonds. The van der Waals surface area contributed by atoms with Crippen molar-refractivity contribution in [2.24, 2.45) is 0 Å². The van der Waals surface area contributed by atoms with Crippen molar-refractivity contribution in [2.45, 2.75) is 13.8 Å². The molecule has 0 radical (unpaired) electrons. The molecule has 0 saturated heterocycles. The number of aryl methyl sites for hydroxylation is 1. The van der Waals surface area contributed by atoms with Crippen LogP contribution in [0.15, 0.2) is 30.5 Å². The van der Waals surface area contributed by atoms with Crippen molar-refractivity contribution in [3.05, 3.63) is 41.0 Å². The lowest BCUT2D eigenvalue weighted by atomic mass is 10.1. The van der Waals surface area contributed by atoms with Gasteiger partial charge < -0.3 is 4.74 Å². The highest BCUT2D eigenvalue weighted by Crippen LogP contribution is 2.32. The Morgan fingerprint density at radius 2 is 2.10 bits per heavy atom. The minimum Gasteiger partial charge on any atom is -0.494 e. The smallest absolute Gasteiger partial charge is 0.194 e. The third-order valence-corrected chi connectivity index (χ3v) is 4.09. The minimum atomic E-state index is 0.577. The van der Waals surface area contributed by atoms with Crippen LogP contribution >= 0.6 is 11.3 Å². The molecule has 0 atom stereocenters. The van der Waals surface area contributed by atoms with Crippen LogP contribution in [0.1, 0.15) is 22.3 Å². The molecule has 3 rings (SSSR count). The maximum atomic E-state index is 11.1. The number of carbonyl (C=O) groups is 1. The molecule has 5 heteroatoms. The van der Waals surface area contributed by atoms with Crippen LogP contribution in [0.5, 0.6) is 5.75 Å². The van der Waals surface area contributed by atoms with E-state index in [2.05, 4.69) is 4.98 Å². The van der Waals surface area contributed by atoms with Gasteiger partial charge in [0.25, 0.3) is 0 Å². The summed E-state index contributed by atoms with van der Waals surface area (Å²) >= 11 is 1.59. The fourth-order valence-electron chi connectivity index (χ4n) is 2.28. The zero-order valence-electron chi connectivity index (χ0n) is 11.3. The second-order valence-electron chi connectivity index (χ2n) is 4.38. The quantitative estimate of drug-likeness (QED) is 0.688. The SMILES string of the molecule is CCOc1ccc(-c2c(C)sc3ncc(C=O)n23)cc1. The lowest BCUT2D eigenvalue weighted by Gasteiger charge is -2.06. The van der Waals surface area contributed by atoms with Crippen molar-refractivity contribution in [3.63, 3.8) is 0 Å². The third-order valence-electron chi connectivity index (χ3n) is 3.12. The Bertz CT molecular complexity index is 756. The Hall–Kier alpha value is -2.14. The molecule has 0 aliphatic heterocycles. The summed E-state index contributed by atoms with van der Waals surface area (Å²) in [5.41, 5.74) is 2.65. The zero-order chi connectivity index (χ0) is 14.1. The van der Waals surface area contributed by atoms with E-state index in [-0.39, 0.29) is 0 Å². The van der Waals surface area contributed by atoms with Crippen LogP contribution in [0, 0.1) is 6.92 Å². The molecule has 2 heterocycles. The number of fused-ring (bicyclic) bond motifs is 1. The van der Waals surface area contributed by atoms with E-state index in [4.69, 9.17) is 4.74 Å². The average Bonchev–Trinajstić information content (AvgIpc) is 2.98. The Morgan fingerprint density at radius 1 is 1.35 bits per heavy atom. The molecule has 3 aromatic rings. The summed E-state index contributed by atoms with van der Waals surface area (Å²) in [6.07, 6.45) is 2.45. The van der Waals surface area contributed by atoms with Gasteiger partial charge in [-0.1, -0.05) is 0 Å². The molecule has 20 heavy (non-hydrogen) atoms. The molecular weight excluding hydrogens is 272 g/mol. The lowest BCUT2D eigenvalue weighted by Crippen LogP contribution is -1.94. The van der Waals surface area contributed by atoms with E-state index in [1.807, 2.05) is 42.5 Å². The summed E-state index contributed by atoms with van der Waals surface area (Å²) < 4.78 is 7.36. The van der Waals surface area contributed by atoms with Crippen molar-refractivity contribution in [1.29, 1.82) is 0 Å². The number of rotatable bonds is 4. The highest BCUT2D eigenvalue weighted by atomic mass is 32.1. The predicted molar refractivity (Wildman–Crippen MR) is 79.8 cm³/mol. The van der Waals surface area contributed by atoms with Gasteiger partial charge in [-0.05, 0) is 43.7 Å². The molecule has 1 aromatic carbocycles. The summed E-state index contributed by atoms with van der Waals surface area (Å²) in [6.45, 7) is 4.65. The Balaban J connectivity index is 2.15. The molecule has 0 N–H and O–H groups in total. The number of imidazole rings is 1. The van der Waals surface area contributed by atoms with Crippen molar-refractivity contribution in [2.75, 3.05) is 6.61 Å². The molecule has 2 aromatic heterocycles. The first-order chi connectivity index (χ1) is 9.74. The fraction of sp³-hybridized carbons (Fsp3) is 0.200. The normalized spacial score (nSPS) is 10.9. The van der Waals surface area contributed by atoms with Gasteiger partial charge in [0, 0.05) is 4.88 Å². The van der Waals surface area contributed by atoms with Gasteiger partial charge in [-0.3, -0.25) is 9.20 Å². The van der Waals surface area contributed by atoms with E-state index in [9.17, 15) is 4.79 Å². The first-order valence-electron chi connectivity index (χ1n) is 6.40. The van der Waals surface area contributed by atoms with Crippen LogP contribution in [0.2, 0.25) is 0 Å². The second kappa shape index (κ2) is 5.09. The number of thiazole rings is 1. The number of hydrogen-bond donors (Lipinski definition) is 0. The number of aromatic nitrogens is 2. The molecule has 0 unspecified atom stereocenters. The largest absolute Gasteiger partial charge is 0.494 e. The Morgan fingerprint density at radius 3 is 2.75 bits per heavy atom. The average molecular weight is 286 g/mol. The van der Waals surface area contributed by atoms with Gasteiger partial charge in [-0.25, -0.2) is 4.98 Å². The molecule has 0 aliphatic carbocycles. The van der Waals surface area contributed by atoms with E-state index in [1.165, 1.54) is 0 Å². The highest BCUT2D eigenvalue weighted by Gasteiger charge is 2.15.